The van der Waals surface area contributed by atoms with Gasteiger partial charge in [-0.15, -0.1) is 0 Å². The molecular weight excluding hydrogens is 988 g/mol. The molecule has 0 radical (unpaired) electrons. The standard InChI is InChI=1S/C26H27BrN2O4S.C26H27ClN2O4S/c2*1-30-20-7-9-21(10-8-20)33-16-23-22-15-25(32-3)24(31-2)13-17(22)11-12-29(23)26(34)28-19-6-4-5-18(27)14-19/h2*4-10,13-15,23H,11-12,16H2,1-3H3,(H,28,34). The molecule has 0 bridgehead atoms. The molecule has 68 heavy (non-hydrogen) atoms. The molecule has 2 N–H and O–H groups in total. The lowest BCUT2D eigenvalue weighted by Crippen LogP contribution is -2.44. The Morgan fingerprint density at radius 1 is 0.529 bits per heavy atom. The van der Waals surface area contributed by atoms with E-state index < -0.39 is 0 Å². The molecule has 2 heterocycles. The first-order valence-electron chi connectivity index (χ1n) is 21.7. The largest absolute Gasteiger partial charge is 0.497 e. The monoisotopic (exact) mass is 1040 g/mol. The van der Waals surface area contributed by atoms with Crippen LogP contribution in [0.5, 0.6) is 46.0 Å². The molecule has 0 aliphatic carbocycles. The molecule has 6 aromatic carbocycles. The van der Waals surface area contributed by atoms with Crippen LogP contribution in [0.15, 0.2) is 126 Å². The molecule has 6 aromatic rings. The van der Waals surface area contributed by atoms with Crippen molar-refractivity contribution in [3.05, 3.63) is 153 Å². The van der Waals surface area contributed by atoms with Crippen molar-refractivity contribution in [1.29, 1.82) is 0 Å². The van der Waals surface area contributed by atoms with Crippen LogP contribution >= 0.6 is 52.0 Å². The molecule has 0 spiro atoms. The SMILES string of the molecule is COc1ccc(OCC2c3cc(OC)c(OC)cc3CCN2C(=S)Nc2cccc(Br)c2)cc1.COc1ccc(OCC2c3cc(OC)c(OC)cc3CCN2C(=S)Nc2cccc(Cl)c2)cc1. The molecule has 0 saturated heterocycles. The van der Waals surface area contributed by atoms with Crippen LogP contribution in [0, 0.1) is 0 Å². The summed E-state index contributed by atoms with van der Waals surface area (Å²) in [5, 5.41) is 8.59. The van der Waals surface area contributed by atoms with Gasteiger partial charge in [0.05, 0.1) is 54.7 Å². The lowest BCUT2D eigenvalue weighted by atomic mass is 9.92. The Hall–Kier alpha value is -6.13. The Labute approximate surface area is 422 Å². The van der Waals surface area contributed by atoms with Gasteiger partial charge in [-0.2, -0.15) is 0 Å². The Bertz CT molecular complexity index is 2500. The van der Waals surface area contributed by atoms with E-state index >= 15 is 0 Å². The fourth-order valence-electron chi connectivity index (χ4n) is 8.12. The predicted molar refractivity (Wildman–Crippen MR) is 280 cm³/mol. The number of halogens is 2. The number of hydrogen-bond acceptors (Lipinski definition) is 10. The molecule has 8 rings (SSSR count). The van der Waals surface area contributed by atoms with E-state index in [-0.39, 0.29) is 12.1 Å². The number of ether oxygens (including phenoxy) is 8. The zero-order valence-corrected chi connectivity index (χ0v) is 42.7. The van der Waals surface area contributed by atoms with Crippen LogP contribution in [-0.2, 0) is 12.8 Å². The van der Waals surface area contributed by atoms with E-state index in [2.05, 4.69) is 42.4 Å². The molecule has 2 aliphatic rings. The smallest absolute Gasteiger partial charge is 0.174 e. The van der Waals surface area contributed by atoms with Crippen LogP contribution < -0.4 is 48.5 Å². The minimum Gasteiger partial charge on any atom is -0.497 e. The number of benzene rings is 6. The third kappa shape index (κ3) is 12.3. The molecule has 0 amide bonds. The van der Waals surface area contributed by atoms with E-state index in [1.807, 2.05) is 115 Å². The number of methoxy groups -OCH3 is 6. The van der Waals surface area contributed by atoms with Crippen LogP contribution in [0.4, 0.5) is 11.4 Å². The fraction of sp³-hybridized carbons (Fsp3) is 0.269. The van der Waals surface area contributed by atoms with Gasteiger partial charge in [-0.05, 0) is 169 Å². The van der Waals surface area contributed by atoms with Gasteiger partial charge < -0.3 is 58.3 Å². The lowest BCUT2D eigenvalue weighted by Gasteiger charge is -2.39. The highest BCUT2D eigenvalue weighted by Gasteiger charge is 2.33. The average Bonchev–Trinajstić information content (AvgIpc) is 3.36. The van der Waals surface area contributed by atoms with Crippen molar-refractivity contribution in [2.75, 3.05) is 79.6 Å². The Balaban J connectivity index is 0.000000201. The minimum absolute atomic E-state index is 0.113. The number of nitrogens with zero attached hydrogens (tertiary/aromatic N) is 2. The van der Waals surface area contributed by atoms with E-state index in [0.717, 1.165) is 81.7 Å². The van der Waals surface area contributed by atoms with Crippen molar-refractivity contribution in [2.24, 2.45) is 0 Å². The van der Waals surface area contributed by atoms with Crippen molar-refractivity contribution >= 4 is 73.6 Å². The van der Waals surface area contributed by atoms with Crippen LogP contribution in [-0.4, -0.2) is 89.0 Å². The van der Waals surface area contributed by atoms with E-state index in [4.69, 9.17) is 73.9 Å². The summed E-state index contributed by atoms with van der Waals surface area (Å²) < 4.78 is 46.1. The first kappa shape index (κ1) is 49.8. The van der Waals surface area contributed by atoms with Crippen molar-refractivity contribution in [3.8, 4) is 46.0 Å². The third-order valence-corrected chi connectivity index (χ3v) is 13.0. The van der Waals surface area contributed by atoms with Crippen LogP contribution in [0.3, 0.4) is 0 Å². The minimum atomic E-state index is -0.134. The third-order valence-electron chi connectivity index (χ3n) is 11.6. The Kier molecular flexibility index (Phi) is 17.4. The maximum Gasteiger partial charge on any atom is 0.174 e. The maximum atomic E-state index is 6.22. The van der Waals surface area contributed by atoms with Gasteiger partial charge in [-0.3, -0.25) is 0 Å². The van der Waals surface area contributed by atoms with Crippen molar-refractivity contribution in [3.63, 3.8) is 0 Å². The number of fused-ring (bicyclic) bond motifs is 2. The second-order valence-electron chi connectivity index (χ2n) is 15.6. The van der Waals surface area contributed by atoms with Gasteiger partial charge in [0.1, 0.15) is 36.2 Å². The number of rotatable bonds is 14. The zero-order valence-electron chi connectivity index (χ0n) is 38.7. The zero-order chi connectivity index (χ0) is 48.2. The molecular formula is C52H54BrClN4O8S2. The summed E-state index contributed by atoms with van der Waals surface area (Å²) >= 11 is 21.4. The number of nitrogens with one attached hydrogen (secondary N) is 2. The highest BCUT2D eigenvalue weighted by atomic mass is 79.9. The summed E-state index contributed by atoms with van der Waals surface area (Å²) in [6.07, 6.45) is 1.64. The summed E-state index contributed by atoms with van der Waals surface area (Å²) in [5.74, 6) is 5.87. The van der Waals surface area contributed by atoms with E-state index in [0.29, 0.717) is 45.7 Å². The summed E-state index contributed by atoms with van der Waals surface area (Å²) in [6.45, 7) is 2.28. The first-order chi connectivity index (χ1) is 33.0. The molecule has 0 aromatic heterocycles. The second-order valence-corrected chi connectivity index (χ2v) is 17.7. The molecule has 2 unspecified atom stereocenters. The van der Waals surface area contributed by atoms with Gasteiger partial charge in [0, 0.05) is 34.0 Å². The summed E-state index contributed by atoms with van der Waals surface area (Å²) in [6, 6.07) is 38.5. The van der Waals surface area contributed by atoms with Crippen molar-refractivity contribution in [1.82, 2.24) is 9.80 Å². The predicted octanol–water partition coefficient (Wildman–Crippen LogP) is 11.6. The Morgan fingerprint density at radius 3 is 1.32 bits per heavy atom. The van der Waals surface area contributed by atoms with E-state index in [1.165, 1.54) is 11.1 Å². The molecule has 2 aliphatic heterocycles. The van der Waals surface area contributed by atoms with Crippen LogP contribution in [0.2, 0.25) is 5.02 Å². The molecule has 12 nitrogen and oxygen atoms in total. The topological polar surface area (TPSA) is 104 Å². The van der Waals surface area contributed by atoms with Gasteiger partial charge in [0.15, 0.2) is 33.2 Å². The Morgan fingerprint density at radius 2 is 0.926 bits per heavy atom. The number of anilines is 2. The summed E-state index contributed by atoms with van der Waals surface area (Å²) in [5.41, 5.74) is 6.34. The van der Waals surface area contributed by atoms with E-state index in [9.17, 15) is 0 Å². The maximum absolute atomic E-state index is 6.22. The molecule has 16 heteroatoms. The fourth-order valence-corrected chi connectivity index (χ4v) is 9.38. The van der Waals surface area contributed by atoms with Gasteiger partial charge in [-0.1, -0.05) is 39.7 Å². The van der Waals surface area contributed by atoms with Gasteiger partial charge in [0.25, 0.3) is 0 Å². The number of hydrogen-bond donors (Lipinski definition) is 2. The van der Waals surface area contributed by atoms with Gasteiger partial charge in [0.2, 0.25) is 0 Å². The quantitative estimate of drug-likeness (QED) is 0.101. The van der Waals surface area contributed by atoms with Crippen LogP contribution in [0.1, 0.15) is 34.3 Å². The first-order valence-corrected chi connectivity index (χ1v) is 23.7. The second kappa shape index (κ2) is 23.7. The summed E-state index contributed by atoms with van der Waals surface area (Å²) in [7, 11) is 9.87. The highest BCUT2D eigenvalue weighted by Crippen LogP contribution is 2.41. The molecule has 0 saturated carbocycles. The number of thiocarbonyl (C=S) groups is 2. The highest BCUT2D eigenvalue weighted by molar-refractivity contribution is 9.10. The molecule has 356 valence electrons. The van der Waals surface area contributed by atoms with Gasteiger partial charge in [-0.25, -0.2) is 0 Å². The molecule has 2 atom stereocenters. The summed E-state index contributed by atoms with van der Waals surface area (Å²) in [4.78, 5) is 4.32. The lowest BCUT2D eigenvalue weighted by molar-refractivity contribution is 0.190. The van der Waals surface area contributed by atoms with Crippen molar-refractivity contribution in [2.45, 2.75) is 24.9 Å². The van der Waals surface area contributed by atoms with Crippen molar-refractivity contribution < 1.29 is 37.9 Å². The average molecular weight is 1040 g/mol. The van der Waals surface area contributed by atoms with E-state index in [1.54, 1.807) is 42.7 Å². The normalized spacial score (nSPS) is 14.7. The molecule has 0 fully saturated rings. The van der Waals surface area contributed by atoms with Crippen LogP contribution in [0.25, 0.3) is 0 Å². The van der Waals surface area contributed by atoms with Gasteiger partial charge >= 0.3 is 0 Å².